The summed E-state index contributed by atoms with van der Waals surface area (Å²) in [4.78, 5) is 34.0. The maximum absolute atomic E-state index is 14.4. The number of carboxylic acid groups (broad SMARTS) is 1. The van der Waals surface area contributed by atoms with Crippen molar-refractivity contribution in [2.45, 2.75) is 31.3 Å². The van der Waals surface area contributed by atoms with Crippen molar-refractivity contribution in [1.29, 1.82) is 0 Å². The molecular formula is C35H32F2N4O4. The molecule has 3 N–H and O–H groups in total. The maximum Gasteiger partial charge on any atom is 0.290 e. The Morgan fingerprint density at radius 3 is 2.33 bits per heavy atom. The number of benzene rings is 4. The number of aromatic amines is 1. The standard InChI is InChI=1S/C34H30F2N4O2.CH2O2/c1-39-14-12-22(13-15-39)20-2-4-21(5-3-20)23-6-7-24-19-40(34(42)27(24)16-23)32(28-17-25(35)9-11-31(28)41)33-37-29-10-8-26(36)18-30(29)38-33;2-1-3/h2-11,16-18,22,32,41H,12-15,19H2,1H3,(H,37,38);1H,(H,2,3). The summed E-state index contributed by atoms with van der Waals surface area (Å²) in [5.41, 5.74) is 5.83. The quantitative estimate of drug-likeness (QED) is 0.197. The lowest BCUT2D eigenvalue weighted by Crippen LogP contribution is -2.31. The van der Waals surface area contributed by atoms with E-state index in [-0.39, 0.29) is 30.2 Å². The molecule has 10 heteroatoms. The minimum absolute atomic E-state index is 0.165. The Balaban J connectivity index is 0.00000115. The Hall–Kier alpha value is -5.09. The summed E-state index contributed by atoms with van der Waals surface area (Å²) >= 11 is 0. The number of phenolic OH excluding ortho intramolecular Hbond substituents is 1. The first kappa shape index (κ1) is 30.0. The molecular weight excluding hydrogens is 578 g/mol. The molecule has 0 aliphatic carbocycles. The van der Waals surface area contributed by atoms with Crippen LogP contribution in [0.3, 0.4) is 0 Å². The predicted molar refractivity (Wildman–Crippen MR) is 166 cm³/mol. The molecule has 7 rings (SSSR count). The summed E-state index contributed by atoms with van der Waals surface area (Å²) in [5.74, 6) is -0.527. The predicted octanol–water partition coefficient (Wildman–Crippen LogP) is 6.47. The third-order valence-corrected chi connectivity index (χ3v) is 8.69. The molecule has 0 spiro atoms. The number of hydrogen-bond donors (Lipinski definition) is 3. The van der Waals surface area contributed by atoms with Crippen molar-refractivity contribution in [3.05, 3.63) is 119 Å². The average Bonchev–Trinajstić information content (AvgIpc) is 3.60. The lowest BCUT2D eigenvalue weighted by atomic mass is 9.88. The number of H-pyrrole nitrogens is 1. The summed E-state index contributed by atoms with van der Waals surface area (Å²) in [6, 6.07) is 21.4. The second kappa shape index (κ2) is 12.5. The first-order valence-electron chi connectivity index (χ1n) is 14.7. The largest absolute Gasteiger partial charge is 0.508 e. The van der Waals surface area contributed by atoms with Crippen molar-refractivity contribution in [3.63, 3.8) is 0 Å². The van der Waals surface area contributed by atoms with E-state index in [2.05, 4.69) is 46.2 Å². The molecule has 3 heterocycles. The first-order valence-corrected chi connectivity index (χ1v) is 14.7. The van der Waals surface area contributed by atoms with Gasteiger partial charge in [0.15, 0.2) is 0 Å². The molecule has 0 bridgehead atoms. The Labute approximate surface area is 258 Å². The second-order valence-electron chi connectivity index (χ2n) is 11.5. The van der Waals surface area contributed by atoms with Gasteiger partial charge in [0.2, 0.25) is 0 Å². The van der Waals surface area contributed by atoms with Gasteiger partial charge in [-0.1, -0.05) is 36.4 Å². The molecule has 1 unspecified atom stereocenters. The average molecular weight is 611 g/mol. The van der Waals surface area contributed by atoms with E-state index in [1.54, 1.807) is 4.90 Å². The molecule has 1 atom stereocenters. The minimum atomic E-state index is -0.923. The number of halogens is 2. The molecule has 1 saturated heterocycles. The molecule has 8 nitrogen and oxygen atoms in total. The fourth-order valence-corrected chi connectivity index (χ4v) is 6.34. The molecule has 1 aromatic heterocycles. The van der Waals surface area contributed by atoms with Crippen LogP contribution in [-0.2, 0) is 11.3 Å². The van der Waals surface area contributed by atoms with Gasteiger partial charge in [0, 0.05) is 17.7 Å². The van der Waals surface area contributed by atoms with Crippen molar-refractivity contribution < 1.29 is 28.6 Å². The highest BCUT2D eigenvalue weighted by atomic mass is 19.1. The van der Waals surface area contributed by atoms with Crippen LogP contribution < -0.4 is 0 Å². The zero-order chi connectivity index (χ0) is 31.7. The lowest BCUT2D eigenvalue weighted by molar-refractivity contribution is -0.122. The zero-order valence-electron chi connectivity index (χ0n) is 24.6. The second-order valence-corrected chi connectivity index (χ2v) is 11.5. The van der Waals surface area contributed by atoms with E-state index in [9.17, 15) is 18.7 Å². The summed E-state index contributed by atoms with van der Waals surface area (Å²) in [5, 5.41) is 17.7. The minimum Gasteiger partial charge on any atom is -0.508 e. The van der Waals surface area contributed by atoms with Gasteiger partial charge in [-0.05, 0) is 104 Å². The number of phenols is 1. The Kier molecular flexibility index (Phi) is 8.32. The van der Waals surface area contributed by atoms with E-state index in [1.165, 1.54) is 35.9 Å². The molecule has 5 aromatic rings. The maximum atomic E-state index is 14.4. The van der Waals surface area contributed by atoms with Gasteiger partial charge in [-0.15, -0.1) is 0 Å². The number of likely N-dealkylation sites (tertiary alicyclic amines) is 1. The van der Waals surface area contributed by atoms with Gasteiger partial charge in [0.25, 0.3) is 12.4 Å². The first-order chi connectivity index (χ1) is 21.7. The summed E-state index contributed by atoms with van der Waals surface area (Å²) in [6.07, 6.45) is 2.31. The van der Waals surface area contributed by atoms with Crippen LogP contribution in [-0.4, -0.2) is 62.5 Å². The number of carbonyl (C=O) groups excluding carboxylic acids is 1. The number of carbonyl (C=O) groups is 2. The highest BCUT2D eigenvalue weighted by Crippen LogP contribution is 2.40. The topological polar surface area (TPSA) is 110 Å². The fourth-order valence-electron chi connectivity index (χ4n) is 6.34. The van der Waals surface area contributed by atoms with Gasteiger partial charge in [-0.25, -0.2) is 13.8 Å². The fraction of sp³-hybridized carbons (Fsp3) is 0.229. The highest BCUT2D eigenvalue weighted by Gasteiger charge is 2.37. The molecule has 2 aliphatic rings. The molecule has 0 saturated carbocycles. The number of imidazole rings is 1. The van der Waals surface area contributed by atoms with Crippen LogP contribution in [0.2, 0.25) is 0 Å². The number of rotatable bonds is 5. The van der Waals surface area contributed by atoms with Gasteiger partial charge in [-0.3, -0.25) is 9.59 Å². The van der Waals surface area contributed by atoms with E-state index in [0.717, 1.165) is 48.7 Å². The summed E-state index contributed by atoms with van der Waals surface area (Å²) < 4.78 is 28.4. The molecule has 1 amide bonds. The van der Waals surface area contributed by atoms with Gasteiger partial charge in [-0.2, -0.15) is 0 Å². The third-order valence-electron chi connectivity index (χ3n) is 8.69. The molecule has 4 aromatic carbocycles. The molecule has 0 radical (unpaired) electrons. The number of fused-ring (bicyclic) bond motifs is 2. The van der Waals surface area contributed by atoms with Crippen LogP contribution >= 0.6 is 0 Å². The number of aromatic nitrogens is 2. The highest BCUT2D eigenvalue weighted by molar-refractivity contribution is 6.00. The lowest BCUT2D eigenvalue weighted by Gasteiger charge is -2.29. The Bertz CT molecular complexity index is 1870. The van der Waals surface area contributed by atoms with Crippen molar-refractivity contribution in [1.82, 2.24) is 19.8 Å². The number of piperidine rings is 1. The van der Waals surface area contributed by atoms with E-state index < -0.39 is 17.7 Å². The van der Waals surface area contributed by atoms with E-state index in [1.807, 2.05) is 18.2 Å². The SMILES string of the molecule is CN1CCC(c2ccc(-c3ccc4c(c3)C(=O)N(C(c3nc5ccc(F)cc5[nH]3)c3cc(F)ccc3O)C4)cc2)CC1.O=CO. The van der Waals surface area contributed by atoms with Gasteiger partial charge in [0.1, 0.15) is 29.3 Å². The van der Waals surface area contributed by atoms with Crippen LogP contribution in [0.1, 0.15) is 57.7 Å². The van der Waals surface area contributed by atoms with Crippen molar-refractivity contribution in [3.8, 4) is 16.9 Å². The van der Waals surface area contributed by atoms with Crippen molar-refractivity contribution in [2.75, 3.05) is 20.1 Å². The summed E-state index contributed by atoms with van der Waals surface area (Å²) in [6.45, 7) is 2.21. The van der Waals surface area contributed by atoms with E-state index >= 15 is 0 Å². The van der Waals surface area contributed by atoms with Gasteiger partial charge in [0.05, 0.1) is 11.0 Å². The normalized spacial score (nSPS) is 15.9. The van der Waals surface area contributed by atoms with Crippen molar-refractivity contribution in [2.24, 2.45) is 0 Å². The zero-order valence-corrected chi connectivity index (χ0v) is 24.6. The Morgan fingerprint density at radius 2 is 1.60 bits per heavy atom. The van der Waals surface area contributed by atoms with E-state index in [0.29, 0.717) is 28.3 Å². The number of nitrogens with zero attached hydrogens (tertiary/aromatic N) is 3. The van der Waals surface area contributed by atoms with Crippen molar-refractivity contribution >= 4 is 23.4 Å². The van der Waals surface area contributed by atoms with Crippen LogP contribution in [0.5, 0.6) is 5.75 Å². The number of amides is 1. The van der Waals surface area contributed by atoms with Gasteiger partial charge >= 0.3 is 0 Å². The van der Waals surface area contributed by atoms with Crippen LogP contribution in [0.25, 0.3) is 22.2 Å². The van der Waals surface area contributed by atoms with Crippen LogP contribution in [0.15, 0.2) is 78.9 Å². The summed E-state index contributed by atoms with van der Waals surface area (Å²) in [7, 11) is 2.16. The van der Waals surface area contributed by atoms with E-state index in [4.69, 9.17) is 9.90 Å². The molecule has 230 valence electrons. The van der Waals surface area contributed by atoms with Crippen LogP contribution in [0.4, 0.5) is 8.78 Å². The molecule has 1 fully saturated rings. The van der Waals surface area contributed by atoms with Gasteiger partial charge < -0.3 is 25.0 Å². The number of nitrogens with one attached hydrogen (secondary N) is 1. The smallest absolute Gasteiger partial charge is 0.290 e. The third kappa shape index (κ3) is 6.01. The molecule has 2 aliphatic heterocycles. The Morgan fingerprint density at radius 1 is 0.933 bits per heavy atom. The molecule has 45 heavy (non-hydrogen) atoms. The number of hydrogen-bond acceptors (Lipinski definition) is 5. The number of aromatic hydroxyl groups is 1. The van der Waals surface area contributed by atoms with Crippen LogP contribution in [0, 0.1) is 11.6 Å². The monoisotopic (exact) mass is 610 g/mol.